The van der Waals surface area contributed by atoms with Gasteiger partial charge in [-0.2, -0.15) is 0 Å². The zero-order valence-electron chi connectivity index (χ0n) is 11.0. The molecular formula is C14H23NO2. The van der Waals surface area contributed by atoms with E-state index in [-0.39, 0.29) is 0 Å². The first-order chi connectivity index (χ1) is 8.27. The van der Waals surface area contributed by atoms with Crippen LogP contribution >= 0.6 is 0 Å². The fraction of sp³-hybridized carbons (Fsp3) is 0.571. The third kappa shape index (κ3) is 5.20. The summed E-state index contributed by atoms with van der Waals surface area (Å²) in [6.45, 7) is 6.64. The molecule has 0 bridgehead atoms. The van der Waals surface area contributed by atoms with E-state index in [9.17, 15) is 0 Å². The molecule has 1 aromatic carbocycles. The van der Waals surface area contributed by atoms with Gasteiger partial charge in [-0.25, -0.2) is 0 Å². The lowest BCUT2D eigenvalue weighted by Gasteiger charge is -2.15. The van der Waals surface area contributed by atoms with Crippen molar-refractivity contribution in [3.63, 3.8) is 0 Å². The van der Waals surface area contributed by atoms with Crippen LogP contribution in [0.2, 0.25) is 0 Å². The van der Waals surface area contributed by atoms with Crippen LogP contribution in [0.1, 0.15) is 31.9 Å². The molecule has 0 aliphatic rings. The number of nitrogens with one attached hydrogen (secondary N) is 1. The van der Waals surface area contributed by atoms with Gasteiger partial charge in [0.15, 0.2) is 0 Å². The quantitative estimate of drug-likeness (QED) is 0.705. The fourth-order valence-electron chi connectivity index (χ4n) is 1.69. The molecule has 1 aromatic rings. The van der Waals surface area contributed by atoms with E-state index < -0.39 is 0 Å². The van der Waals surface area contributed by atoms with Gasteiger partial charge in [0.2, 0.25) is 0 Å². The Labute approximate surface area is 104 Å². The van der Waals surface area contributed by atoms with Crippen LogP contribution in [0, 0.1) is 0 Å². The summed E-state index contributed by atoms with van der Waals surface area (Å²) in [5, 5.41) is 3.47. The maximum atomic E-state index is 5.49. The van der Waals surface area contributed by atoms with Crippen molar-refractivity contribution < 1.29 is 9.47 Å². The summed E-state index contributed by atoms with van der Waals surface area (Å²) in [5.41, 5.74) is 1.26. The van der Waals surface area contributed by atoms with E-state index in [1.165, 1.54) is 5.56 Å². The molecule has 0 aromatic heterocycles. The van der Waals surface area contributed by atoms with Crippen LogP contribution in [0.3, 0.4) is 0 Å². The zero-order valence-corrected chi connectivity index (χ0v) is 11.0. The van der Waals surface area contributed by atoms with Crippen molar-refractivity contribution in [1.82, 2.24) is 5.32 Å². The highest BCUT2D eigenvalue weighted by molar-refractivity contribution is 5.30. The molecule has 1 atom stereocenters. The van der Waals surface area contributed by atoms with Gasteiger partial charge >= 0.3 is 0 Å². The zero-order chi connectivity index (χ0) is 12.5. The third-order valence-corrected chi connectivity index (χ3v) is 2.64. The average molecular weight is 237 g/mol. The molecule has 3 heteroatoms. The summed E-state index contributed by atoms with van der Waals surface area (Å²) >= 11 is 0. The Hall–Kier alpha value is -1.06. The maximum Gasteiger partial charge on any atom is 0.119 e. The van der Waals surface area contributed by atoms with Crippen molar-refractivity contribution in [3.8, 4) is 5.75 Å². The molecule has 0 heterocycles. The molecule has 0 spiro atoms. The molecule has 0 amide bonds. The normalized spacial score (nSPS) is 12.4. The Morgan fingerprint density at radius 1 is 1.35 bits per heavy atom. The predicted octanol–water partition coefficient (Wildman–Crippen LogP) is 2.77. The summed E-state index contributed by atoms with van der Waals surface area (Å²) in [6, 6.07) is 8.58. The van der Waals surface area contributed by atoms with Gasteiger partial charge in [0, 0.05) is 19.8 Å². The van der Waals surface area contributed by atoms with E-state index in [2.05, 4.69) is 24.4 Å². The van der Waals surface area contributed by atoms with Crippen LogP contribution in [0.5, 0.6) is 5.75 Å². The SMILES string of the molecule is CCOc1cccc(C(C)NCCCOC)c1. The highest BCUT2D eigenvalue weighted by Gasteiger charge is 2.05. The van der Waals surface area contributed by atoms with E-state index >= 15 is 0 Å². The van der Waals surface area contributed by atoms with Crippen molar-refractivity contribution in [2.45, 2.75) is 26.3 Å². The highest BCUT2D eigenvalue weighted by Crippen LogP contribution is 2.18. The van der Waals surface area contributed by atoms with E-state index in [4.69, 9.17) is 9.47 Å². The lowest BCUT2D eigenvalue weighted by molar-refractivity contribution is 0.193. The maximum absolute atomic E-state index is 5.49. The molecule has 0 aliphatic heterocycles. The first-order valence-electron chi connectivity index (χ1n) is 6.23. The monoisotopic (exact) mass is 237 g/mol. The second-order valence-corrected chi connectivity index (χ2v) is 4.03. The number of methoxy groups -OCH3 is 1. The van der Waals surface area contributed by atoms with Crippen molar-refractivity contribution in [2.75, 3.05) is 26.9 Å². The molecule has 1 unspecified atom stereocenters. The fourth-order valence-corrected chi connectivity index (χ4v) is 1.69. The number of rotatable bonds is 8. The van der Waals surface area contributed by atoms with Crippen LogP contribution in [-0.4, -0.2) is 26.9 Å². The van der Waals surface area contributed by atoms with Crippen molar-refractivity contribution in [3.05, 3.63) is 29.8 Å². The van der Waals surface area contributed by atoms with Gasteiger partial charge in [-0.15, -0.1) is 0 Å². The molecule has 0 saturated heterocycles. The largest absolute Gasteiger partial charge is 0.494 e. The summed E-state index contributed by atoms with van der Waals surface area (Å²) in [4.78, 5) is 0. The van der Waals surface area contributed by atoms with Gasteiger partial charge in [-0.1, -0.05) is 12.1 Å². The van der Waals surface area contributed by atoms with Gasteiger partial charge in [0.25, 0.3) is 0 Å². The summed E-state index contributed by atoms with van der Waals surface area (Å²) in [5.74, 6) is 0.940. The Bertz CT molecular complexity index is 315. The van der Waals surface area contributed by atoms with Crippen LogP contribution < -0.4 is 10.1 Å². The summed E-state index contributed by atoms with van der Waals surface area (Å²) in [7, 11) is 1.73. The minimum Gasteiger partial charge on any atom is -0.494 e. The lowest BCUT2D eigenvalue weighted by atomic mass is 10.1. The highest BCUT2D eigenvalue weighted by atomic mass is 16.5. The molecule has 96 valence electrons. The minimum atomic E-state index is 0.340. The Morgan fingerprint density at radius 2 is 2.18 bits per heavy atom. The average Bonchev–Trinajstić information content (AvgIpc) is 2.35. The second kappa shape index (κ2) is 8.09. The van der Waals surface area contributed by atoms with Crippen LogP contribution in [-0.2, 0) is 4.74 Å². The molecule has 1 N–H and O–H groups in total. The second-order valence-electron chi connectivity index (χ2n) is 4.03. The van der Waals surface area contributed by atoms with Crippen molar-refractivity contribution in [2.24, 2.45) is 0 Å². The molecule has 0 saturated carbocycles. The summed E-state index contributed by atoms with van der Waals surface area (Å²) in [6.07, 6.45) is 1.03. The van der Waals surface area contributed by atoms with Crippen molar-refractivity contribution in [1.29, 1.82) is 0 Å². The minimum absolute atomic E-state index is 0.340. The Morgan fingerprint density at radius 3 is 2.88 bits per heavy atom. The number of ether oxygens (including phenoxy) is 2. The first kappa shape index (κ1) is 14.0. The van der Waals surface area contributed by atoms with E-state index in [1.807, 2.05) is 19.1 Å². The van der Waals surface area contributed by atoms with Crippen molar-refractivity contribution >= 4 is 0 Å². The lowest BCUT2D eigenvalue weighted by Crippen LogP contribution is -2.20. The van der Waals surface area contributed by atoms with Crippen LogP contribution in [0.15, 0.2) is 24.3 Å². The molecule has 17 heavy (non-hydrogen) atoms. The standard InChI is InChI=1S/C14H23NO2/c1-4-17-14-8-5-7-13(11-14)12(2)15-9-6-10-16-3/h5,7-8,11-12,15H,4,6,9-10H2,1-3H3. The van der Waals surface area contributed by atoms with E-state index in [0.29, 0.717) is 12.6 Å². The van der Waals surface area contributed by atoms with Gasteiger partial charge in [-0.05, 0) is 44.5 Å². The Balaban J connectivity index is 2.44. The van der Waals surface area contributed by atoms with Gasteiger partial charge in [0.1, 0.15) is 5.75 Å². The van der Waals surface area contributed by atoms with Crippen LogP contribution in [0.25, 0.3) is 0 Å². The first-order valence-corrected chi connectivity index (χ1v) is 6.23. The summed E-state index contributed by atoms with van der Waals surface area (Å²) < 4.78 is 10.5. The number of hydrogen-bond acceptors (Lipinski definition) is 3. The van der Waals surface area contributed by atoms with Crippen LogP contribution in [0.4, 0.5) is 0 Å². The molecule has 0 aliphatic carbocycles. The number of hydrogen-bond donors (Lipinski definition) is 1. The van der Waals surface area contributed by atoms with Gasteiger partial charge in [0.05, 0.1) is 6.61 Å². The molecule has 0 radical (unpaired) electrons. The van der Waals surface area contributed by atoms with E-state index in [0.717, 1.165) is 25.3 Å². The van der Waals surface area contributed by atoms with Gasteiger partial charge in [-0.3, -0.25) is 0 Å². The Kier molecular flexibility index (Phi) is 6.67. The molecule has 0 fully saturated rings. The molecule has 3 nitrogen and oxygen atoms in total. The molecule has 1 rings (SSSR count). The topological polar surface area (TPSA) is 30.5 Å². The number of benzene rings is 1. The smallest absolute Gasteiger partial charge is 0.119 e. The third-order valence-electron chi connectivity index (χ3n) is 2.64. The predicted molar refractivity (Wildman–Crippen MR) is 70.5 cm³/mol. The van der Waals surface area contributed by atoms with E-state index in [1.54, 1.807) is 7.11 Å². The molecular weight excluding hydrogens is 214 g/mol. The van der Waals surface area contributed by atoms with Gasteiger partial charge < -0.3 is 14.8 Å².